The molecule has 4 aromatic rings. The summed E-state index contributed by atoms with van der Waals surface area (Å²) in [5.41, 5.74) is 3.99. The molecule has 1 aliphatic rings. The van der Waals surface area contributed by atoms with Crippen molar-refractivity contribution in [2.45, 2.75) is 19.4 Å². The SMILES string of the molecule is COc1cccc(C2CC(c3c(-c4ccc(Cl)cc4)c4ccccc4[nH]c3=O)=NN2C(C)=O)c1. The minimum absolute atomic E-state index is 0.201. The summed E-state index contributed by atoms with van der Waals surface area (Å²) >= 11 is 6.14. The van der Waals surface area contributed by atoms with E-state index in [1.807, 2.05) is 60.7 Å². The van der Waals surface area contributed by atoms with Crippen molar-refractivity contribution in [1.82, 2.24) is 9.99 Å². The molecule has 1 amide bonds. The van der Waals surface area contributed by atoms with Crippen LogP contribution in [-0.4, -0.2) is 28.7 Å². The highest BCUT2D eigenvalue weighted by molar-refractivity contribution is 6.30. The molecule has 3 aromatic carbocycles. The molecule has 5 rings (SSSR count). The molecule has 2 heterocycles. The van der Waals surface area contributed by atoms with Gasteiger partial charge < -0.3 is 9.72 Å². The average molecular weight is 472 g/mol. The van der Waals surface area contributed by atoms with Crippen LogP contribution >= 0.6 is 11.6 Å². The van der Waals surface area contributed by atoms with Gasteiger partial charge in [0.1, 0.15) is 5.75 Å². The van der Waals surface area contributed by atoms with Gasteiger partial charge in [0.15, 0.2) is 0 Å². The number of methoxy groups -OCH3 is 1. The highest BCUT2D eigenvalue weighted by Crippen LogP contribution is 2.37. The van der Waals surface area contributed by atoms with E-state index in [1.54, 1.807) is 19.2 Å². The summed E-state index contributed by atoms with van der Waals surface area (Å²) in [5, 5.41) is 7.60. The van der Waals surface area contributed by atoms with Crippen LogP contribution in [-0.2, 0) is 4.79 Å². The Morgan fingerprint density at radius 3 is 2.56 bits per heavy atom. The predicted molar refractivity (Wildman–Crippen MR) is 134 cm³/mol. The number of carbonyl (C=O) groups is 1. The number of nitrogens with zero attached hydrogens (tertiary/aromatic N) is 2. The first-order valence-electron chi connectivity index (χ1n) is 10.9. The average Bonchev–Trinajstić information content (AvgIpc) is 3.29. The second-order valence-electron chi connectivity index (χ2n) is 8.16. The normalized spacial score (nSPS) is 15.4. The van der Waals surface area contributed by atoms with Gasteiger partial charge >= 0.3 is 0 Å². The number of hydrogen-bond donors (Lipinski definition) is 1. The smallest absolute Gasteiger partial charge is 0.258 e. The van der Waals surface area contributed by atoms with Gasteiger partial charge in [0, 0.05) is 34.8 Å². The zero-order valence-corrected chi connectivity index (χ0v) is 19.5. The minimum Gasteiger partial charge on any atom is -0.497 e. The Bertz CT molecular complexity index is 1490. The van der Waals surface area contributed by atoms with E-state index in [0.29, 0.717) is 28.5 Å². The van der Waals surface area contributed by atoms with Gasteiger partial charge in [-0.2, -0.15) is 5.10 Å². The molecule has 0 radical (unpaired) electrons. The summed E-state index contributed by atoms with van der Waals surface area (Å²) in [5.74, 6) is 0.493. The topological polar surface area (TPSA) is 74.8 Å². The van der Waals surface area contributed by atoms with Crippen molar-refractivity contribution in [2.24, 2.45) is 5.10 Å². The number of aromatic nitrogens is 1. The fraction of sp³-hybridized carbons (Fsp3) is 0.148. The van der Waals surface area contributed by atoms with Gasteiger partial charge in [-0.15, -0.1) is 0 Å². The van der Waals surface area contributed by atoms with Crippen molar-refractivity contribution in [3.05, 3.63) is 99.3 Å². The van der Waals surface area contributed by atoms with Crippen LogP contribution in [0.4, 0.5) is 0 Å². The summed E-state index contributed by atoms with van der Waals surface area (Å²) in [6.07, 6.45) is 0.398. The van der Waals surface area contributed by atoms with Gasteiger partial charge in [-0.3, -0.25) is 9.59 Å². The lowest BCUT2D eigenvalue weighted by Gasteiger charge is -2.20. The fourth-order valence-corrected chi connectivity index (χ4v) is 4.62. The Balaban J connectivity index is 1.71. The zero-order chi connectivity index (χ0) is 23.8. The number of H-pyrrole nitrogens is 1. The second-order valence-corrected chi connectivity index (χ2v) is 8.60. The Morgan fingerprint density at radius 2 is 1.82 bits per heavy atom. The number of amides is 1. The van der Waals surface area contributed by atoms with Crippen molar-refractivity contribution < 1.29 is 9.53 Å². The van der Waals surface area contributed by atoms with E-state index >= 15 is 0 Å². The molecule has 1 N–H and O–H groups in total. The third-order valence-corrected chi connectivity index (χ3v) is 6.31. The molecule has 34 heavy (non-hydrogen) atoms. The summed E-state index contributed by atoms with van der Waals surface area (Å²) in [6, 6.07) is 22.3. The summed E-state index contributed by atoms with van der Waals surface area (Å²) in [6.45, 7) is 1.48. The van der Waals surface area contributed by atoms with E-state index in [1.165, 1.54) is 11.9 Å². The highest BCUT2D eigenvalue weighted by Gasteiger charge is 2.34. The molecule has 170 valence electrons. The lowest BCUT2D eigenvalue weighted by molar-refractivity contribution is -0.130. The molecule has 0 bridgehead atoms. The van der Waals surface area contributed by atoms with Crippen molar-refractivity contribution in [3.8, 4) is 16.9 Å². The Labute approximate surface area is 201 Å². The molecule has 0 aliphatic carbocycles. The molecule has 1 atom stereocenters. The number of pyridine rings is 1. The molecule has 0 saturated carbocycles. The highest BCUT2D eigenvalue weighted by atomic mass is 35.5. The second kappa shape index (κ2) is 8.80. The molecule has 7 heteroatoms. The molecule has 1 aliphatic heterocycles. The summed E-state index contributed by atoms with van der Waals surface area (Å²) < 4.78 is 5.37. The molecular weight excluding hydrogens is 450 g/mol. The van der Waals surface area contributed by atoms with Gasteiger partial charge in [0.2, 0.25) is 5.91 Å². The molecule has 6 nitrogen and oxygen atoms in total. The van der Waals surface area contributed by atoms with Gasteiger partial charge in [-0.1, -0.05) is 54.1 Å². The van der Waals surface area contributed by atoms with Gasteiger partial charge in [-0.05, 0) is 41.5 Å². The van der Waals surface area contributed by atoms with Crippen molar-refractivity contribution in [2.75, 3.05) is 7.11 Å². The summed E-state index contributed by atoms with van der Waals surface area (Å²) in [7, 11) is 1.60. The van der Waals surface area contributed by atoms with Crippen molar-refractivity contribution in [1.29, 1.82) is 0 Å². The van der Waals surface area contributed by atoms with E-state index in [-0.39, 0.29) is 17.5 Å². The fourth-order valence-electron chi connectivity index (χ4n) is 4.49. The third kappa shape index (κ3) is 3.86. The number of hydrazone groups is 1. The Hall–Kier alpha value is -3.90. The van der Waals surface area contributed by atoms with Gasteiger partial charge in [-0.25, -0.2) is 5.01 Å². The number of fused-ring (bicyclic) bond motifs is 1. The maximum atomic E-state index is 13.4. The van der Waals surface area contributed by atoms with Crippen LogP contribution in [0.2, 0.25) is 5.02 Å². The zero-order valence-electron chi connectivity index (χ0n) is 18.7. The van der Waals surface area contributed by atoms with Crippen LogP contribution in [0.1, 0.15) is 30.5 Å². The molecule has 0 spiro atoms. The van der Waals surface area contributed by atoms with E-state index in [0.717, 1.165) is 27.6 Å². The van der Waals surface area contributed by atoms with Crippen LogP contribution in [0, 0.1) is 0 Å². The number of benzene rings is 3. The lowest BCUT2D eigenvalue weighted by atomic mass is 9.91. The number of aromatic amines is 1. The minimum atomic E-state index is -0.341. The first-order valence-corrected chi connectivity index (χ1v) is 11.3. The molecule has 1 unspecified atom stereocenters. The van der Waals surface area contributed by atoms with Crippen LogP contribution in [0.5, 0.6) is 5.75 Å². The number of hydrogen-bond acceptors (Lipinski definition) is 4. The van der Waals surface area contributed by atoms with Crippen LogP contribution in [0.3, 0.4) is 0 Å². The number of carbonyl (C=O) groups excluding carboxylic acids is 1. The monoisotopic (exact) mass is 471 g/mol. The van der Waals surface area contributed by atoms with Crippen molar-refractivity contribution >= 4 is 34.1 Å². The number of rotatable bonds is 4. The first-order chi connectivity index (χ1) is 16.5. The number of ether oxygens (including phenoxy) is 1. The van der Waals surface area contributed by atoms with Gasteiger partial charge in [0.25, 0.3) is 5.56 Å². The number of halogens is 1. The number of nitrogens with one attached hydrogen (secondary N) is 1. The number of para-hydroxylation sites is 1. The van der Waals surface area contributed by atoms with Crippen LogP contribution < -0.4 is 10.3 Å². The van der Waals surface area contributed by atoms with Crippen molar-refractivity contribution in [3.63, 3.8) is 0 Å². The van der Waals surface area contributed by atoms with E-state index in [2.05, 4.69) is 10.1 Å². The Kier molecular flexibility index (Phi) is 5.67. The largest absolute Gasteiger partial charge is 0.497 e. The Morgan fingerprint density at radius 1 is 1.06 bits per heavy atom. The maximum Gasteiger partial charge on any atom is 0.258 e. The first kappa shape index (κ1) is 21.9. The predicted octanol–water partition coefficient (Wildman–Crippen LogP) is 5.55. The van der Waals surface area contributed by atoms with E-state index < -0.39 is 0 Å². The lowest BCUT2D eigenvalue weighted by Crippen LogP contribution is -2.24. The standard InChI is InChI=1S/C27H22ClN3O3/c1-16(32)31-24(18-6-5-7-20(14-18)34-2)15-23(30-31)26-25(17-10-12-19(28)13-11-17)21-8-3-4-9-22(21)29-27(26)33/h3-14,24H,15H2,1-2H3,(H,29,33). The maximum absolute atomic E-state index is 13.4. The summed E-state index contributed by atoms with van der Waals surface area (Å²) in [4.78, 5) is 28.9. The molecule has 1 aromatic heterocycles. The van der Waals surface area contributed by atoms with Crippen LogP contribution in [0.15, 0.2) is 82.7 Å². The quantitative estimate of drug-likeness (QED) is 0.423. The van der Waals surface area contributed by atoms with E-state index in [4.69, 9.17) is 16.3 Å². The van der Waals surface area contributed by atoms with Gasteiger partial charge in [0.05, 0.1) is 24.4 Å². The third-order valence-electron chi connectivity index (χ3n) is 6.05. The van der Waals surface area contributed by atoms with E-state index in [9.17, 15) is 9.59 Å². The van der Waals surface area contributed by atoms with Crippen LogP contribution in [0.25, 0.3) is 22.0 Å². The molecule has 0 fully saturated rings. The molecular formula is C27H22ClN3O3. The molecule has 0 saturated heterocycles.